The van der Waals surface area contributed by atoms with E-state index in [-0.39, 0.29) is 12.3 Å². The van der Waals surface area contributed by atoms with E-state index < -0.39 is 15.1 Å². The molecule has 1 N–H and O–H groups in total. The zero-order valence-corrected chi connectivity index (χ0v) is 11.2. The lowest BCUT2D eigenvalue weighted by Crippen LogP contribution is -2.14. The highest BCUT2D eigenvalue weighted by molar-refractivity contribution is 7.86. The molecule has 1 aromatic heterocycles. The molecule has 0 aliphatic carbocycles. The van der Waals surface area contributed by atoms with Crippen LogP contribution >= 0.6 is 11.3 Å². The zero-order valence-electron chi connectivity index (χ0n) is 9.54. The van der Waals surface area contributed by atoms with E-state index in [0.717, 1.165) is 12.1 Å². The minimum atomic E-state index is -4.70. The Labute approximate surface area is 113 Å². The Hall–Kier alpha value is -1.80. The summed E-state index contributed by atoms with van der Waals surface area (Å²) in [5, 5.41) is 4.82. The molecule has 2 rings (SSSR count). The minimum absolute atomic E-state index is 0.0617. The predicted molar refractivity (Wildman–Crippen MR) is 69.2 cm³/mol. The summed E-state index contributed by atoms with van der Waals surface area (Å²) in [4.78, 5) is 15.1. The van der Waals surface area contributed by atoms with Crippen LogP contribution in [0.5, 0.6) is 0 Å². The predicted octanol–water partition coefficient (Wildman–Crippen LogP) is 1.98. The van der Waals surface area contributed by atoms with Gasteiger partial charge >= 0.3 is 10.2 Å². The Kier molecular flexibility index (Phi) is 3.91. The number of hydrogen-bond donors (Lipinski definition) is 1. The number of aromatic nitrogens is 1. The first-order valence-electron chi connectivity index (χ1n) is 5.18. The number of anilines is 1. The Bertz CT molecular complexity index is 666. The molecule has 0 fully saturated rings. The van der Waals surface area contributed by atoms with Gasteiger partial charge in [-0.2, -0.15) is 8.42 Å². The second kappa shape index (κ2) is 5.45. The van der Waals surface area contributed by atoms with Crippen LogP contribution in [0, 0.1) is 0 Å². The van der Waals surface area contributed by atoms with Crippen molar-refractivity contribution >= 4 is 32.6 Å². The van der Waals surface area contributed by atoms with E-state index in [4.69, 9.17) is 0 Å². The SMILES string of the molecule is O=C(Cc1ccc(S(=O)(=O)F)cc1)Nc1nccs1. The van der Waals surface area contributed by atoms with Gasteiger partial charge in [-0.25, -0.2) is 4.98 Å². The number of amides is 1. The van der Waals surface area contributed by atoms with Gasteiger partial charge in [0.25, 0.3) is 0 Å². The number of carbonyl (C=O) groups is 1. The lowest BCUT2D eigenvalue weighted by atomic mass is 10.1. The molecule has 8 heteroatoms. The van der Waals surface area contributed by atoms with Crippen LogP contribution in [0.4, 0.5) is 9.02 Å². The zero-order chi connectivity index (χ0) is 13.9. The Morgan fingerprint density at radius 1 is 1.32 bits per heavy atom. The number of thiazole rings is 1. The van der Waals surface area contributed by atoms with Gasteiger partial charge in [-0.1, -0.05) is 12.1 Å². The van der Waals surface area contributed by atoms with Crippen LogP contribution in [0.25, 0.3) is 0 Å². The monoisotopic (exact) mass is 300 g/mol. The van der Waals surface area contributed by atoms with Crippen LogP contribution in [0.2, 0.25) is 0 Å². The van der Waals surface area contributed by atoms with Crippen LogP contribution in [0.3, 0.4) is 0 Å². The molecule has 0 spiro atoms. The molecule has 0 saturated heterocycles. The first-order chi connectivity index (χ1) is 8.95. The van der Waals surface area contributed by atoms with Crippen molar-refractivity contribution < 1.29 is 17.1 Å². The van der Waals surface area contributed by atoms with Gasteiger partial charge in [0.2, 0.25) is 5.91 Å². The van der Waals surface area contributed by atoms with Crippen LogP contribution in [-0.2, 0) is 21.4 Å². The quantitative estimate of drug-likeness (QED) is 0.876. The molecule has 0 aliphatic rings. The van der Waals surface area contributed by atoms with E-state index in [1.807, 2.05) is 0 Å². The highest BCUT2D eigenvalue weighted by Crippen LogP contribution is 2.14. The topological polar surface area (TPSA) is 76.1 Å². The summed E-state index contributed by atoms with van der Waals surface area (Å²) in [5.74, 6) is -0.272. The van der Waals surface area contributed by atoms with Crippen LogP contribution in [-0.4, -0.2) is 19.3 Å². The van der Waals surface area contributed by atoms with Gasteiger partial charge in [0.05, 0.1) is 11.3 Å². The lowest BCUT2D eigenvalue weighted by Gasteiger charge is -2.02. The van der Waals surface area contributed by atoms with Gasteiger partial charge in [-0.05, 0) is 17.7 Å². The fraction of sp³-hybridized carbons (Fsp3) is 0.0909. The average molecular weight is 300 g/mol. The fourth-order valence-electron chi connectivity index (χ4n) is 1.40. The van der Waals surface area contributed by atoms with Crippen molar-refractivity contribution in [3.05, 3.63) is 41.4 Å². The van der Waals surface area contributed by atoms with Crippen molar-refractivity contribution in [3.8, 4) is 0 Å². The molecular weight excluding hydrogens is 291 g/mol. The molecule has 100 valence electrons. The smallest absolute Gasteiger partial charge is 0.302 e. The highest BCUT2D eigenvalue weighted by Gasteiger charge is 2.12. The summed E-state index contributed by atoms with van der Waals surface area (Å²) in [5.41, 5.74) is 0.585. The molecule has 1 heterocycles. The molecule has 19 heavy (non-hydrogen) atoms. The molecule has 0 aliphatic heterocycles. The number of benzene rings is 1. The summed E-state index contributed by atoms with van der Waals surface area (Å²) in [7, 11) is -4.70. The van der Waals surface area contributed by atoms with E-state index in [1.165, 1.54) is 23.5 Å². The molecule has 0 saturated carbocycles. The summed E-state index contributed by atoms with van der Waals surface area (Å²) >= 11 is 1.30. The number of carbonyl (C=O) groups excluding carboxylic acids is 1. The second-order valence-electron chi connectivity index (χ2n) is 3.64. The van der Waals surface area contributed by atoms with E-state index in [0.29, 0.717) is 10.7 Å². The molecule has 1 amide bonds. The van der Waals surface area contributed by atoms with Gasteiger partial charge in [0.15, 0.2) is 5.13 Å². The minimum Gasteiger partial charge on any atom is -0.302 e. The Balaban J connectivity index is 2.02. The van der Waals surface area contributed by atoms with Crippen molar-refractivity contribution in [3.63, 3.8) is 0 Å². The third-order valence-electron chi connectivity index (χ3n) is 2.25. The maximum atomic E-state index is 12.7. The van der Waals surface area contributed by atoms with Crippen molar-refractivity contribution in [2.75, 3.05) is 5.32 Å². The third-order valence-corrected chi connectivity index (χ3v) is 3.77. The van der Waals surface area contributed by atoms with Crippen molar-refractivity contribution in [1.29, 1.82) is 0 Å². The second-order valence-corrected chi connectivity index (χ2v) is 5.89. The maximum absolute atomic E-state index is 12.7. The third kappa shape index (κ3) is 3.83. The largest absolute Gasteiger partial charge is 0.332 e. The lowest BCUT2D eigenvalue weighted by molar-refractivity contribution is -0.115. The summed E-state index contributed by atoms with van der Waals surface area (Å²) < 4.78 is 33.9. The molecule has 5 nitrogen and oxygen atoms in total. The van der Waals surface area contributed by atoms with Gasteiger partial charge in [-0.15, -0.1) is 15.2 Å². The van der Waals surface area contributed by atoms with Crippen LogP contribution in [0.1, 0.15) is 5.56 Å². The molecule has 2 aromatic rings. The molecule has 0 atom stereocenters. The van der Waals surface area contributed by atoms with E-state index in [1.54, 1.807) is 11.6 Å². The molecule has 0 bridgehead atoms. The van der Waals surface area contributed by atoms with E-state index in [2.05, 4.69) is 10.3 Å². The highest BCUT2D eigenvalue weighted by atomic mass is 32.3. The molecule has 1 aromatic carbocycles. The van der Waals surface area contributed by atoms with Gasteiger partial charge < -0.3 is 5.32 Å². The number of nitrogens with one attached hydrogen (secondary N) is 1. The van der Waals surface area contributed by atoms with Gasteiger partial charge in [-0.3, -0.25) is 4.79 Å². The summed E-state index contributed by atoms with van der Waals surface area (Å²) in [6.07, 6.45) is 1.63. The van der Waals surface area contributed by atoms with Gasteiger partial charge in [0.1, 0.15) is 0 Å². The van der Waals surface area contributed by atoms with Crippen molar-refractivity contribution in [2.45, 2.75) is 11.3 Å². The van der Waals surface area contributed by atoms with Crippen molar-refractivity contribution in [2.24, 2.45) is 0 Å². The number of nitrogens with zero attached hydrogens (tertiary/aromatic N) is 1. The van der Waals surface area contributed by atoms with E-state index in [9.17, 15) is 17.1 Å². The molecular formula is C11H9FN2O3S2. The summed E-state index contributed by atoms with van der Waals surface area (Å²) in [6, 6.07) is 5.05. The average Bonchev–Trinajstić information content (AvgIpc) is 2.81. The molecule has 0 unspecified atom stereocenters. The van der Waals surface area contributed by atoms with Crippen molar-refractivity contribution in [1.82, 2.24) is 4.98 Å². The first-order valence-corrected chi connectivity index (χ1v) is 7.44. The maximum Gasteiger partial charge on any atom is 0.332 e. The fourth-order valence-corrected chi connectivity index (χ4v) is 2.41. The Morgan fingerprint density at radius 2 is 2.00 bits per heavy atom. The Morgan fingerprint density at radius 3 is 2.53 bits per heavy atom. The normalized spacial score (nSPS) is 11.2. The standard InChI is InChI=1S/C11H9FN2O3S2/c12-19(16,17)9-3-1-8(2-4-9)7-10(15)14-11-13-5-6-18-11/h1-6H,7H2,(H,13,14,15). The van der Waals surface area contributed by atoms with Gasteiger partial charge in [0, 0.05) is 11.6 Å². The number of hydrogen-bond acceptors (Lipinski definition) is 5. The van der Waals surface area contributed by atoms with Crippen LogP contribution in [0.15, 0.2) is 40.7 Å². The number of rotatable bonds is 4. The summed E-state index contributed by atoms with van der Waals surface area (Å²) in [6.45, 7) is 0. The van der Waals surface area contributed by atoms with Crippen LogP contribution < -0.4 is 5.32 Å². The number of halogens is 1. The molecule has 0 radical (unpaired) electrons. The first kappa shape index (κ1) is 13.6. The van der Waals surface area contributed by atoms with E-state index >= 15 is 0 Å².